The fourth-order valence-corrected chi connectivity index (χ4v) is 3.35. The quantitative estimate of drug-likeness (QED) is 0.429. The fourth-order valence-electron chi connectivity index (χ4n) is 2.51. The van der Waals surface area contributed by atoms with Crippen molar-refractivity contribution in [2.24, 2.45) is 5.10 Å². The topological polar surface area (TPSA) is 54.4 Å². The number of aryl methyl sites for hydroxylation is 2. The van der Waals surface area contributed by atoms with Crippen LogP contribution in [-0.2, 0) is 4.79 Å². The Labute approximate surface area is 151 Å². The van der Waals surface area contributed by atoms with Crippen molar-refractivity contribution in [1.29, 1.82) is 0 Å². The molecule has 0 aliphatic rings. The number of fused-ring (bicyclic) bond motifs is 1. The summed E-state index contributed by atoms with van der Waals surface area (Å²) in [5.74, 6) is 0.152. The van der Waals surface area contributed by atoms with E-state index < -0.39 is 0 Å². The first kappa shape index (κ1) is 17.2. The Kier molecular flexibility index (Phi) is 5.46. The molecule has 4 nitrogen and oxygen atoms in total. The summed E-state index contributed by atoms with van der Waals surface area (Å²) >= 11 is 1.46. The molecule has 25 heavy (non-hydrogen) atoms. The summed E-state index contributed by atoms with van der Waals surface area (Å²) in [7, 11) is 0. The lowest BCUT2D eigenvalue weighted by Gasteiger charge is -2.05. The second-order valence-corrected chi connectivity index (χ2v) is 6.79. The summed E-state index contributed by atoms with van der Waals surface area (Å²) in [6.07, 6.45) is 3.44. The van der Waals surface area contributed by atoms with Gasteiger partial charge in [0.25, 0.3) is 0 Å². The van der Waals surface area contributed by atoms with Crippen LogP contribution in [0.25, 0.3) is 10.9 Å². The van der Waals surface area contributed by atoms with Gasteiger partial charge in [-0.1, -0.05) is 42.0 Å². The van der Waals surface area contributed by atoms with E-state index in [1.54, 1.807) is 12.4 Å². The molecule has 0 saturated heterocycles. The minimum Gasteiger partial charge on any atom is -0.272 e. The van der Waals surface area contributed by atoms with Gasteiger partial charge in [-0.3, -0.25) is 9.78 Å². The standard InChI is InChI=1S/C20H19N3OS/c1-14-8-9-17(15(2)11-14)12-22-23-19(24)13-25-18-7-3-5-16-6-4-10-21-20(16)18/h3-12H,13H2,1-2H3,(H,23,24)/b22-12-. The first-order valence-electron chi connectivity index (χ1n) is 7.99. The molecule has 0 radical (unpaired) electrons. The van der Waals surface area contributed by atoms with Gasteiger partial charge in [0.2, 0.25) is 5.91 Å². The molecule has 0 aliphatic carbocycles. The molecule has 0 spiro atoms. The van der Waals surface area contributed by atoms with Crippen molar-refractivity contribution in [3.63, 3.8) is 0 Å². The van der Waals surface area contributed by atoms with E-state index >= 15 is 0 Å². The Morgan fingerprint density at radius 1 is 1.20 bits per heavy atom. The van der Waals surface area contributed by atoms with Crippen LogP contribution in [0, 0.1) is 13.8 Å². The van der Waals surface area contributed by atoms with Gasteiger partial charge in [0.1, 0.15) is 0 Å². The summed E-state index contributed by atoms with van der Waals surface area (Å²) < 4.78 is 0. The molecule has 3 aromatic rings. The van der Waals surface area contributed by atoms with Crippen molar-refractivity contribution >= 4 is 34.8 Å². The molecule has 126 valence electrons. The van der Waals surface area contributed by atoms with E-state index in [2.05, 4.69) is 28.5 Å². The monoisotopic (exact) mass is 349 g/mol. The summed E-state index contributed by atoms with van der Waals surface area (Å²) in [6, 6.07) is 16.0. The third-order valence-corrected chi connectivity index (χ3v) is 4.82. The van der Waals surface area contributed by atoms with Crippen molar-refractivity contribution < 1.29 is 4.79 Å². The van der Waals surface area contributed by atoms with Crippen molar-refractivity contribution in [1.82, 2.24) is 10.4 Å². The number of para-hydroxylation sites is 1. The maximum Gasteiger partial charge on any atom is 0.250 e. The molecule has 1 amide bonds. The van der Waals surface area contributed by atoms with Crippen molar-refractivity contribution in [3.8, 4) is 0 Å². The van der Waals surface area contributed by atoms with Crippen LogP contribution in [0.2, 0.25) is 0 Å². The van der Waals surface area contributed by atoms with E-state index in [4.69, 9.17) is 0 Å². The van der Waals surface area contributed by atoms with Crippen LogP contribution >= 0.6 is 11.8 Å². The molecule has 1 aromatic heterocycles. The molecule has 1 heterocycles. The smallest absolute Gasteiger partial charge is 0.250 e. The average Bonchev–Trinajstić information content (AvgIpc) is 2.62. The van der Waals surface area contributed by atoms with Crippen LogP contribution in [0.3, 0.4) is 0 Å². The molecule has 0 bridgehead atoms. The summed E-state index contributed by atoms with van der Waals surface area (Å²) in [5, 5.41) is 5.12. The maximum absolute atomic E-state index is 12.0. The largest absolute Gasteiger partial charge is 0.272 e. The number of carbonyl (C=O) groups excluding carboxylic acids is 1. The van der Waals surface area contributed by atoms with E-state index in [-0.39, 0.29) is 5.91 Å². The van der Waals surface area contributed by atoms with Crippen LogP contribution in [0.1, 0.15) is 16.7 Å². The highest BCUT2D eigenvalue weighted by Gasteiger charge is 2.06. The van der Waals surface area contributed by atoms with Gasteiger partial charge < -0.3 is 0 Å². The zero-order valence-corrected chi connectivity index (χ0v) is 15.0. The van der Waals surface area contributed by atoms with Gasteiger partial charge in [0.15, 0.2) is 0 Å². The number of hydrogen-bond donors (Lipinski definition) is 1. The Balaban J connectivity index is 1.58. The number of thioether (sulfide) groups is 1. The molecular formula is C20H19N3OS. The number of aromatic nitrogens is 1. The number of nitrogens with one attached hydrogen (secondary N) is 1. The van der Waals surface area contributed by atoms with Gasteiger partial charge in [0, 0.05) is 16.5 Å². The minimum absolute atomic E-state index is 0.140. The fraction of sp³-hybridized carbons (Fsp3) is 0.150. The highest BCUT2D eigenvalue weighted by atomic mass is 32.2. The van der Waals surface area contributed by atoms with Crippen LogP contribution < -0.4 is 5.43 Å². The number of amides is 1. The molecular weight excluding hydrogens is 330 g/mol. The molecule has 0 saturated carbocycles. The number of pyridine rings is 1. The number of nitrogens with zero attached hydrogens (tertiary/aromatic N) is 2. The number of benzene rings is 2. The summed E-state index contributed by atoms with van der Waals surface area (Å²) in [6.45, 7) is 4.08. The van der Waals surface area contributed by atoms with Crippen LogP contribution in [0.15, 0.2) is 64.7 Å². The van der Waals surface area contributed by atoms with Crippen LogP contribution in [0.5, 0.6) is 0 Å². The number of hydrazone groups is 1. The molecule has 0 unspecified atom stereocenters. The number of carbonyl (C=O) groups is 1. The first-order valence-corrected chi connectivity index (χ1v) is 8.98. The van der Waals surface area contributed by atoms with Gasteiger partial charge in [-0.05, 0) is 37.1 Å². The van der Waals surface area contributed by atoms with Gasteiger partial charge in [-0.2, -0.15) is 5.10 Å². The van der Waals surface area contributed by atoms with Gasteiger partial charge in [0.05, 0.1) is 17.5 Å². The molecule has 0 fully saturated rings. The van der Waals surface area contributed by atoms with Crippen molar-refractivity contribution in [2.75, 3.05) is 5.75 Å². The molecule has 5 heteroatoms. The summed E-state index contributed by atoms with van der Waals surface area (Å²) in [5.41, 5.74) is 6.84. The molecule has 2 aromatic carbocycles. The molecule has 0 atom stereocenters. The van der Waals surface area contributed by atoms with E-state index in [9.17, 15) is 4.79 Å². The predicted molar refractivity (Wildman–Crippen MR) is 104 cm³/mol. The third kappa shape index (κ3) is 4.45. The lowest BCUT2D eigenvalue weighted by molar-refractivity contribution is -0.118. The lowest BCUT2D eigenvalue weighted by atomic mass is 10.1. The molecule has 3 rings (SSSR count). The van der Waals surface area contributed by atoms with Gasteiger partial charge in [-0.15, -0.1) is 11.8 Å². The van der Waals surface area contributed by atoms with E-state index in [0.717, 1.165) is 26.9 Å². The van der Waals surface area contributed by atoms with Crippen molar-refractivity contribution in [3.05, 3.63) is 71.4 Å². The highest BCUT2D eigenvalue weighted by Crippen LogP contribution is 2.25. The third-order valence-electron chi connectivity index (χ3n) is 3.77. The Morgan fingerprint density at radius 3 is 2.88 bits per heavy atom. The normalized spacial score (nSPS) is 11.1. The summed E-state index contributed by atoms with van der Waals surface area (Å²) in [4.78, 5) is 17.4. The predicted octanol–water partition coefficient (Wildman–Crippen LogP) is 4.09. The van der Waals surface area contributed by atoms with E-state index in [0.29, 0.717) is 5.75 Å². The SMILES string of the molecule is Cc1ccc(/C=N\NC(=O)CSc2cccc3cccnc23)c(C)c1. The number of rotatable bonds is 5. The molecule has 0 aliphatic heterocycles. The number of hydrogen-bond acceptors (Lipinski definition) is 4. The van der Waals surface area contributed by atoms with E-state index in [1.807, 2.05) is 49.4 Å². The maximum atomic E-state index is 12.0. The zero-order valence-electron chi connectivity index (χ0n) is 14.2. The average molecular weight is 349 g/mol. The highest BCUT2D eigenvalue weighted by molar-refractivity contribution is 8.00. The second kappa shape index (κ2) is 7.94. The van der Waals surface area contributed by atoms with Crippen LogP contribution in [0.4, 0.5) is 0 Å². The Hall–Kier alpha value is -2.66. The minimum atomic E-state index is -0.140. The Bertz CT molecular complexity index is 932. The van der Waals surface area contributed by atoms with Gasteiger partial charge in [-0.25, -0.2) is 5.43 Å². The van der Waals surface area contributed by atoms with Crippen molar-refractivity contribution in [2.45, 2.75) is 18.7 Å². The first-order chi connectivity index (χ1) is 12.1. The van der Waals surface area contributed by atoms with Gasteiger partial charge >= 0.3 is 0 Å². The second-order valence-electron chi connectivity index (χ2n) is 5.77. The molecule has 1 N–H and O–H groups in total. The lowest BCUT2D eigenvalue weighted by Crippen LogP contribution is -2.19. The zero-order chi connectivity index (χ0) is 17.6. The Morgan fingerprint density at radius 2 is 2.04 bits per heavy atom. The van der Waals surface area contributed by atoms with E-state index in [1.165, 1.54) is 17.3 Å². The van der Waals surface area contributed by atoms with Crippen LogP contribution in [-0.4, -0.2) is 22.9 Å².